The molecule has 2 bridgehead atoms. The van der Waals surface area contributed by atoms with Crippen molar-refractivity contribution in [3.63, 3.8) is 0 Å². The van der Waals surface area contributed by atoms with Crippen molar-refractivity contribution >= 4 is 39.4 Å². The smallest absolute Gasteiger partial charge is 0.223 e. The van der Waals surface area contributed by atoms with Crippen LogP contribution in [0.25, 0.3) is 0 Å². The van der Waals surface area contributed by atoms with E-state index in [1.165, 1.54) is 5.56 Å². The van der Waals surface area contributed by atoms with Crippen molar-refractivity contribution in [2.75, 3.05) is 23.7 Å². The number of carbonyl (C=O) groups is 1. The molecule has 0 saturated carbocycles. The summed E-state index contributed by atoms with van der Waals surface area (Å²) in [5, 5.41) is 9.33. The van der Waals surface area contributed by atoms with Crippen LogP contribution in [-0.2, 0) is 4.79 Å². The van der Waals surface area contributed by atoms with Crippen molar-refractivity contribution in [3.8, 4) is 6.07 Å². The maximum absolute atomic E-state index is 12.9. The number of fused-ring (bicyclic) bond motifs is 2. The number of piperazine rings is 1. The number of nitrogens with zero attached hydrogens (tertiary/aromatic N) is 4. The Hall–Kier alpha value is -2.04. The summed E-state index contributed by atoms with van der Waals surface area (Å²) < 4.78 is 1.13. The Morgan fingerprint density at radius 3 is 2.63 bits per heavy atom. The lowest BCUT2D eigenvalue weighted by Crippen LogP contribution is -2.55. The van der Waals surface area contributed by atoms with Crippen LogP contribution in [0, 0.1) is 11.3 Å². The standard InChI is InChI=1S/C23H25BrN4OS/c1-16(20-4-2-3-5-21(20)24)30-11-10-23(29)27-14-18-7-8-19(15-27)28(18)22-9-6-17(12-25)13-26-22/h2-6,9,13,16,18-19H,7-8,10-11,14-15H2,1H3/t16?,18-,19?/m0/s1. The Morgan fingerprint density at radius 2 is 2.00 bits per heavy atom. The summed E-state index contributed by atoms with van der Waals surface area (Å²) >= 11 is 5.45. The monoisotopic (exact) mass is 484 g/mol. The number of likely N-dealkylation sites (tertiary alicyclic amines) is 1. The van der Waals surface area contributed by atoms with Crippen LogP contribution in [0.3, 0.4) is 0 Å². The summed E-state index contributed by atoms with van der Waals surface area (Å²) in [6.07, 6.45) is 4.39. The SMILES string of the molecule is CC(SCCC(=O)N1CC2CC[C@@H](C1)N2c1ccc(C#N)cn1)c1ccccc1Br. The maximum atomic E-state index is 12.9. The Balaban J connectivity index is 1.30. The summed E-state index contributed by atoms with van der Waals surface area (Å²) in [7, 11) is 0. The number of thioether (sulfide) groups is 1. The van der Waals surface area contributed by atoms with Crippen LogP contribution in [0.2, 0.25) is 0 Å². The lowest BCUT2D eigenvalue weighted by Gasteiger charge is -2.41. The second kappa shape index (κ2) is 9.40. The molecule has 3 atom stereocenters. The maximum Gasteiger partial charge on any atom is 0.223 e. The third-order valence-electron chi connectivity index (χ3n) is 6.00. The van der Waals surface area contributed by atoms with Crippen molar-refractivity contribution in [2.24, 2.45) is 0 Å². The van der Waals surface area contributed by atoms with E-state index in [-0.39, 0.29) is 5.91 Å². The molecule has 0 radical (unpaired) electrons. The molecule has 7 heteroatoms. The van der Waals surface area contributed by atoms with Crippen LogP contribution < -0.4 is 4.90 Å². The van der Waals surface area contributed by atoms with E-state index in [2.05, 4.69) is 57.0 Å². The van der Waals surface area contributed by atoms with E-state index in [9.17, 15) is 4.79 Å². The highest BCUT2D eigenvalue weighted by Gasteiger charge is 2.41. The summed E-state index contributed by atoms with van der Waals surface area (Å²) in [4.78, 5) is 21.7. The van der Waals surface area contributed by atoms with Crippen molar-refractivity contribution in [1.29, 1.82) is 5.26 Å². The average Bonchev–Trinajstić information content (AvgIpc) is 3.02. The fraction of sp³-hybridized carbons (Fsp3) is 0.435. The van der Waals surface area contributed by atoms with Crippen molar-refractivity contribution in [1.82, 2.24) is 9.88 Å². The first kappa shape index (κ1) is 21.2. The third-order valence-corrected chi connectivity index (χ3v) is 7.92. The predicted octanol–water partition coefficient (Wildman–Crippen LogP) is 4.78. The molecule has 1 aromatic carbocycles. The van der Waals surface area contributed by atoms with Crippen molar-refractivity contribution in [2.45, 2.75) is 43.5 Å². The van der Waals surface area contributed by atoms with Crippen LogP contribution >= 0.6 is 27.7 Å². The number of benzene rings is 1. The summed E-state index contributed by atoms with van der Waals surface area (Å²) in [6.45, 7) is 3.72. The highest BCUT2D eigenvalue weighted by Crippen LogP contribution is 2.35. The zero-order valence-corrected chi connectivity index (χ0v) is 19.4. The van der Waals surface area contributed by atoms with Gasteiger partial charge in [-0.25, -0.2) is 4.98 Å². The van der Waals surface area contributed by atoms with Crippen LogP contribution in [0.4, 0.5) is 5.82 Å². The molecule has 2 aliphatic rings. The number of aromatic nitrogens is 1. The second-order valence-corrected chi connectivity index (χ2v) is 10.2. The summed E-state index contributed by atoms with van der Waals surface area (Å²) in [5.74, 6) is 2.01. The minimum atomic E-state index is 0.256. The van der Waals surface area contributed by atoms with Crippen molar-refractivity contribution < 1.29 is 4.79 Å². The average molecular weight is 485 g/mol. The van der Waals surface area contributed by atoms with Gasteiger partial charge in [-0.15, -0.1) is 0 Å². The normalized spacial score (nSPS) is 21.4. The number of rotatable bonds is 6. The lowest BCUT2D eigenvalue weighted by molar-refractivity contribution is -0.131. The molecule has 3 heterocycles. The van der Waals surface area contributed by atoms with Gasteiger partial charge in [-0.2, -0.15) is 17.0 Å². The first-order chi connectivity index (χ1) is 14.6. The second-order valence-electron chi connectivity index (χ2n) is 7.89. The molecule has 0 spiro atoms. The van der Waals surface area contributed by atoms with Gasteiger partial charge < -0.3 is 9.80 Å². The highest BCUT2D eigenvalue weighted by atomic mass is 79.9. The number of pyridine rings is 1. The number of carbonyl (C=O) groups excluding carboxylic acids is 1. The fourth-order valence-electron chi connectivity index (χ4n) is 4.46. The van der Waals surface area contributed by atoms with E-state index >= 15 is 0 Å². The molecule has 1 amide bonds. The Bertz CT molecular complexity index is 931. The van der Waals surface area contributed by atoms with Crippen LogP contribution in [0.15, 0.2) is 47.1 Å². The summed E-state index contributed by atoms with van der Waals surface area (Å²) in [5.41, 5.74) is 1.85. The van der Waals surface area contributed by atoms with Gasteiger partial charge in [0.25, 0.3) is 0 Å². The first-order valence-electron chi connectivity index (χ1n) is 10.3. The van der Waals surface area contributed by atoms with Gasteiger partial charge in [-0.05, 0) is 43.5 Å². The van der Waals surface area contributed by atoms with E-state index in [4.69, 9.17) is 5.26 Å². The number of hydrogen-bond donors (Lipinski definition) is 0. The van der Waals surface area contributed by atoms with E-state index in [1.807, 2.05) is 34.9 Å². The molecule has 0 N–H and O–H groups in total. The van der Waals surface area contributed by atoms with Gasteiger partial charge >= 0.3 is 0 Å². The molecule has 5 nitrogen and oxygen atoms in total. The van der Waals surface area contributed by atoms with Gasteiger partial charge in [-0.3, -0.25) is 4.79 Å². The number of anilines is 1. The van der Waals surface area contributed by atoms with Crippen molar-refractivity contribution in [3.05, 3.63) is 58.2 Å². The van der Waals surface area contributed by atoms with Gasteiger partial charge in [0.15, 0.2) is 0 Å². The van der Waals surface area contributed by atoms with Crippen LogP contribution in [-0.4, -0.2) is 46.7 Å². The van der Waals surface area contributed by atoms with Crippen LogP contribution in [0.5, 0.6) is 0 Å². The Labute approximate surface area is 190 Å². The molecule has 30 heavy (non-hydrogen) atoms. The number of nitriles is 1. The molecule has 2 fully saturated rings. The lowest BCUT2D eigenvalue weighted by atomic mass is 10.1. The highest BCUT2D eigenvalue weighted by molar-refractivity contribution is 9.10. The quantitative estimate of drug-likeness (QED) is 0.590. The van der Waals surface area contributed by atoms with Crippen LogP contribution in [0.1, 0.15) is 42.6 Å². The Morgan fingerprint density at radius 1 is 1.27 bits per heavy atom. The van der Waals surface area contributed by atoms with Gasteiger partial charge in [-0.1, -0.05) is 34.1 Å². The molecule has 156 valence electrons. The Kier molecular flexibility index (Phi) is 6.64. The molecular weight excluding hydrogens is 460 g/mol. The predicted molar refractivity (Wildman–Crippen MR) is 124 cm³/mol. The molecule has 2 saturated heterocycles. The molecule has 2 unspecified atom stereocenters. The van der Waals surface area contributed by atoms with Gasteiger partial charge in [0.1, 0.15) is 11.9 Å². The topological polar surface area (TPSA) is 60.2 Å². The molecule has 0 aliphatic carbocycles. The fourth-order valence-corrected chi connectivity index (χ4v) is 6.27. The molecule has 2 aliphatic heterocycles. The number of hydrogen-bond acceptors (Lipinski definition) is 5. The largest absolute Gasteiger partial charge is 0.347 e. The van der Waals surface area contributed by atoms with Gasteiger partial charge in [0, 0.05) is 53.3 Å². The minimum Gasteiger partial charge on any atom is -0.347 e. The first-order valence-corrected chi connectivity index (χ1v) is 12.2. The van der Waals surface area contributed by atoms with Gasteiger partial charge in [0.2, 0.25) is 5.91 Å². The number of halogens is 1. The number of amides is 1. The zero-order chi connectivity index (χ0) is 21.1. The molecule has 2 aromatic rings. The summed E-state index contributed by atoms with van der Waals surface area (Å²) in [6, 6.07) is 14.8. The van der Waals surface area contributed by atoms with E-state index in [0.717, 1.165) is 42.0 Å². The molecule has 4 rings (SSSR count). The zero-order valence-electron chi connectivity index (χ0n) is 17.0. The van der Waals surface area contributed by atoms with Gasteiger partial charge in [0.05, 0.1) is 5.56 Å². The van der Waals surface area contributed by atoms with E-state index in [1.54, 1.807) is 6.20 Å². The minimum absolute atomic E-state index is 0.256. The molecule has 1 aromatic heterocycles. The molecular formula is C23H25BrN4OS. The van der Waals surface area contributed by atoms with E-state index < -0.39 is 0 Å². The third kappa shape index (κ3) is 4.50. The van der Waals surface area contributed by atoms with E-state index in [0.29, 0.717) is 29.3 Å².